The van der Waals surface area contributed by atoms with Crippen molar-refractivity contribution in [1.29, 1.82) is 0 Å². The minimum atomic E-state index is -0.887. The van der Waals surface area contributed by atoms with E-state index in [-0.39, 0.29) is 11.9 Å². The van der Waals surface area contributed by atoms with E-state index >= 15 is 0 Å². The van der Waals surface area contributed by atoms with Gasteiger partial charge in [-0.05, 0) is 44.4 Å². The Morgan fingerprint density at radius 2 is 1.91 bits per heavy atom. The first-order chi connectivity index (χ1) is 10.9. The van der Waals surface area contributed by atoms with Crippen molar-refractivity contribution >= 4 is 5.91 Å². The molecule has 0 unspecified atom stereocenters. The molecule has 122 valence electrons. The number of rotatable bonds is 4. The summed E-state index contributed by atoms with van der Waals surface area (Å²) in [6, 6.07) is 7.58. The minimum Gasteiger partial charge on any atom is -0.444 e. The number of aromatic nitrogens is 1. The third-order valence-electron chi connectivity index (χ3n) is 4.27. The van der Waals surface area contributed by atoms with Crippen LogP contribution in [0.15, 0.2) is 34.9 Å². The van der Waals surface area contributed by atoms with E-state index < -0.39 is 5.60 Å². The lowest BCUT2D eigenvalue weighted by Crippen LogP contribution is -2.32. The van der Waals surface area contributed by atoms with Crippen LogP contribution in [0.4, 0.5) is 0 Å². The molecule has 1 aliphatic carbocycles. The van der Waals surface area contributed by atoms with E-state index in [4.69, 9.17) is 4.42 Å². The Morgan fingerprint density at radius 3 is 2.52 bits per heavy atom. The van der Waals surface area contributed by atoms with E-state index in [1.165, 1.54) is 19.1 Å². The summed E-state index contributed by atoms with van der Waals surface area (Å²) in [5.41, 5.74) is 1.00. The minimum absolute atomic E-state index is 0.181. The molecule has 3 rings (SSSR count). The highest BCUT2D eigenvalue weighted by molar-refractivity contribution is 5.92. The smallest absolute Gasteiger partial charge is 0.273 e. The van der Waals surface area contributed by atoms with Crippen LogP contribution in [-0.4, -0.2) is 22.0 Å². The lowest BCUT2D eigenvalue weighted by Gasteiger charge is -2.17. The average molecular weight is 314 g/mol. The third kappa shape index (κ3) is 3.62. The number of carbonyl (C=O) groups is 1. The molecule has 1 fully saturated rings. The highest BCUT2D eigenvalue weighted by atomic mass is 16.3. The molecule has 0 radical (unpaired) electrons. The molecule has 1 amide bonds. The monoisotopic (exact) mass is 314 g/mol. The van der Waals surface area contributed by atoms with Crippen molar-refractivity contribution in [3.05, 3.63) is 41.8 Å². The van der Waals surface area contributed by atoms with Crippen LogP contribution in [0.1, 0.15) is 55.6 Å². The highest BCUT2D eigenvalue weighted by Gasteiger charge is 2.21. The molecule has 1 aliphatic rings. The van der Waals surface area contributed by atoms with Crippen molar-refractivity contribution in [2.75, 3.05) is 0 Å². The van der Waals surface area contributed by atoms with Crippen molar-refractivity contribution in [1.82, 2.24) is 10.3 Å². The fourth-order valence-electron chi connectivity index (χ4n) is 2.86. The van der Waals surface area contributed by atoms with Gasteiger partial charge in [0.15, 0.2) is 5.69 Å². The van der Waals surface area contributed by atoms with Gasteiger partial charge in [0, 0.05) is 11.6 Å². The average Bonchev–Trinajstić information content (AvgIpc) is 3.17. The van der Waals surface area contributed by atoms with Crippen molar-refractivity contribution in [3.8, 4) is 11.5 Å². The first-order valence-corrected chi connectivity index (χ1v) is 8.03. The molecule has 1 aromatic carbocycles. The zero-order valence-electron chi connectivity index (χ0n) is 13.5. The Hall–Kier alpha value is -2.14. The fourth-order valence-corrected chi connectivity index (χ4v) is 2.86. The summed E-state index contributed by atoms with van der Waals surface area (Å²) in [4.78, 5) is 16.4. The molecule has 0 spiro atoms. The molecule has 5 nitrogen and oxygen atoms in total. The van der Waals surface area contributed by atoms with Crippen molar-refractivity contribution in [3.63, 3.8) is 0 Å². The Bertz CT molecular complexity index is 677. The third-order valence-corrected chi connectivity index (χ3v) is 4.27. The second-order valence-corrected chi connectivity index (χ2v) is 6.63. The van der Waals surface area contributed by atoms with Crippen LogP contribution >= 0.6 is 0 Å². The molecule has 0 atom stereocenters. The Balaban J connectivity index is 1.72. The molecule has 1 aromatic heterocycles. The summed E-state index contributed by atoms with van der Waals surface area (Å²) in [6.45, 7) is 3.47. The number of aliphatic hydroxyl groups is 1. The number of benzene rings is 1. The zero-order valence-corrected chi connectivity index (χ0v) is 13.5. The summed E-state index contributed by atoms with van der Waals surface area (Å²) in [5, 5.41) is 13.0. The van der Waals surface area contributed by atoms with Gasteiger partial charge in [0.2, 0.25) is 5.89 Å². The largest absolute Gasteiger partial charge is 0.444 e. The van der Waals surface area contributed by atoms with Gasteiger partial charge < -0.3 is 14.8 Å². The van der Waals surface area contributed by atoms with Gasteiger partial charge in [-0.2, -0.15) is 0 Å². The molecule has 0 bridgehead atoms. The molecule has 2 aromatic rings. The molecular formula is C18H22N2O3. The maximum atomic E-state index is 12.2. The van der Waals surface area contributed by atoms with Gasteiger partial charge in [-0.25, -0.2) is 4.98 Å². The summed E-state index contributed by atoms with van der Waals surface area (Å²) in [5.74, 6) is 0.226. The molecule has 23 heavy (non-hydrogen) atoms. The maximum Gasteiger partial charge on any atom is 0.273 e. The Kier molecular flexibility index (Phi) is 4.22. The topological polar surface area (TPSA) is 75.4 Å². The maximum absolute atomic E-state index is 12.2. The molecule has 0 aliphatic heterocycles. The predicted molar refractivity (Wildman–Crippen MR) is 86.9 cm³/mol. The standard InChI is InChI=1S/C18H22N2O3/c1-18(2,22)13-9-7-12(8-10-13)17-20-15(11-23-17)16(21)19-14-5-3-4-6-14/h7-11,14,22H,3-6H2,1-2H3,(H,19,21). The molecule has 5 heteroatoms. The van der Waals surface area contributed by atoms with Crippen molar-refractivity contribution in [2.24, 2.45) is 0 Å². The van der Waals surface area contributed by atoms with Gasteiger partial charge in [-0.15, -0.1) is 0 Å². The van der Waals surface area contributed by atoms with E-state index in [0.717, 1.165) is 24.0 Å². The first kappa shape index (κ1) is 15.7. The lowest BCUT2D eigenvalue weighted by atomic mass is 9.97. The van der Waals surface area contributed by atoms with Gasteiger partial charge in [0.25, 0.3) is 5.91 Å². The number of nitrogens with one attached hydrogen (secondary N) is 1. The number of amides is 1. The predicted octanol–water partition coefficient (Wildman–Crippen LogP) is 3.24. The van der Waals surface area contributed by atoms with E-state index in [2.05, 4.69) is 10.3 Å². The van der Waals surface area contributed by atoms with E-state index in [1.807, 2.05) is 24.3 Å². The number of oxazole rings is 1. The van der Waals surface area contributed by atoms with Crippen LogP contribution in [0, 0.1) is 0 Å². The number of hydrogen-bond donors (Lipinski definition) is 2. The van der Waals surface area contributed by atoms with Gasteiger partial charge in [-0.1, -0.05) is 25.0 Å². The number of hydrogen-bond acceptors (Lipinski definition) is 4. The van der Waals surface area contributed by atoms with Gasteiger partial charge >= 0.3 is 0 Å². The van der Waals surface area contributed by atoms with E-state index in [9.17, 15) is 9.90 Å². The van der Waals surface area contributed by atoms with Gasteiger partial charge in [0.05, 0.1) is 5.60 Å². The van der Waals surface area contributed by atoms with Crippen molar-refractivity contribution < 1.29 is 14.3 Å². The van der Waals surface area contributed by atoms with E-state index in [1.54, 1.807) is 13.8 Å². The lowest BCUT2D eigenvalue weighted by molar-refractivity contribution is 0.0786. The second kappa shape index (κ2) is 6.16. The second-order valence-electron chi connectivity index (χ2n) is 6.63. The summed E-state index contributed by atoms with van der Waals surface area (Å²) in [7, 11) is 0. The molecule has 1 saturated carbocycles. The normalized spacial score (nSPS) is 15.8. The van der Waals surface area contributed by atoms with E-state index in [0.29, 0.717) is 11.6 Å². The van der Waals surface area contributed by atoms with Gasteiger partial charge in [-0.3, -0.25) is 4.79 Å². The number of carbonyl (C=O) groups excluding carboxylic acids is 1. The quantitative estimate of drug-likeness (QED) is 0.908. The first-order valence-electron chi connectivity index (χ1n) is 8.03. The summed E-state index contributed by atoms with van der Waals surface area (Å²) in [6.07, 6.45) is 5.80. The molecule has 1 heterocycles. The molecule has 0 saturated heterocycles. The summed E-state index contributed by atoms with van der Waals surface area (Å²) >= 11 is 0. The van der Waals surface area contributed by atoms with Gasteiger partial charge in [0.1, 0.15) is 6.26 Å². The summed E-state index contributed by atoms with van der Waals surface area (Å²) < 4.78 is 5.43. The molecule has 2 N–H and O–H groups in total. The molecular weight excluding hydrogens is 292 g/mol. The van der Waals surface area contributed by atoms with Crippen LogP contribution in [0.25, 0.3) is 11.5 Å². The number of nitrogens with zero attached hydrogens (tertiary/aromatic N) is 1. The fraction of sp³-hybridized carbons (Fsp3) is 0.444. The zero-order chi connectivity index (χ0) is 16.4. The van der Waals surface area contributed by atoms with Crippen LogP contribution in [-0.2, 0) is 5.60 Å². The van der Waals surface area contributed by atoms with Crippen molar-refractivity contribution in [2.45, 2.75) is 51.2 Å². The SMILES string of the molecule is CC(C)(O)c1ccc(-c2nc(C(=O)NC3CCCC3)co2)cc1. The Labute approximate surface area is 135 Å². The van der Waals surface area contributed by atoms with Crippen LogP contribution < -0.4 is 5.32 Å². The van der Waals surface area contributed by atoms with Crippen LogP contribution in [0.5, 0.6) is 0 Å². The van der Waals surface area contributed by atoms with Crippen LogP contribution in [0.3, 0.4) is 0 Å². The highest BCUT2D eigenvalue weighted by Crippen LogP contribution is 2.24. The van der Waals surface area contributed by atoms with Crippen LogP contribution in [0.2, 0.25) is 0 Å². The Morgan fingerprint density at radius 1 is 1.26 bits per heavy atom.